The fourth-order valence-electron chi connectivity index (χ4n) is 1.41. The third kappa shape index (κ3) is 2.52. The molecule has 16 heavy (non-hydrogen) atoms. The van der Waals surface area contributed by atoms with Crippen LogP contribution >= 0.6 is 15.9 Å². The molecular weight excluding hydrogens is 272 g/mol. The lowest BCUT2D eigenvalue weighted by Crippen LogP contribution is -2.30. The van der Waals surface area contributed by atoms with E-state index in [2.05, 4.69) is 15.9 Å². The van der Waals surface area contributed by atoms with Crippen LogP contribution in [0.3, 0.4) is 0 Å². The summed E-state index contributed by atoms with van der Waals surface area (Å²) in [4.78, 5) is 0. The number of allylic oxidation sites excluding steroid dienone is 2. The van der Waals surface area contributed by atoms with E-state index in [0.29, 0.717) is 16.0 Å². The van der Waals surface area contributed by atoms with Crippen LogP contribution in [0.5, 0.6) is 5.75 Å². The van der Waals surface area contributed by atoms with Crippen LogP contribution in [0.25, 0.3) is 0 Å². The van der Waals surface area contributed by atoms with Crippen LogP contribution in [0.15, 0.2) is 52.7 Å². The molecule has 0 saturated heterocycles. The first-order chi connectivity index (χ1) is 7.66. The van der Waals surface area contributed by atoms with Crippen molar-refractivity contribution in [3.8, 4) is 5.75 Å². The van der Waals surface area contributed by atoms with Gasteiger partial charge in [0.2, 0.25) is 0 Å². The predicted molar refractivity (Wildman–Crippen MR) is 64.2 cm³/mol. The van der Waals surface area contributed by atoms with Crippen LogP contribution < -0.4 is 4.74 Å². The normalized spacial score (nSPS) is 24.7. The van der Waals surface area contributed by atoms with Crippen LogP contribution in [0.4, 0.5) is 0 Å². The lowest BCUT2D eigenvalue weighted by atomic mass is 10.1. The molecule has 1 aliphatic carbocycles. The second kappa shape index (κ2) is 4.82. The van der Waals surface area contributed by atoms with E-state index in [1.165, 1.54) is 6.08 Å². The highest BCUT2D eigenvalue weighted by atomic mass is 79.9. The van der Waals surface area contributed by atoms with Gasteiger partial charge >= 0.3 is 0 Å². The molecule has 4 heteroatoms. The molecule has 0 heterocycles. The molecule has 0 fully saturated rings. The molecule has 1 aromatic carbocycles. The third-order valence-corrected chi connectivity index (χ3v) is 2.70. The van der Waals surface area contributed by atoms with Crippen LogP contribution in [0.1, 0.15) is 0 Å². The van der Waals surface area contributed by atoms with Crippen molar-refractivity contribution in [1.29, 1.82) is 0 Å². The number of rotatable bonds is 2. The van der Waals surface area contributed by atoms with E-state index >= 15 is 0 Å². The van der Waals surface area contributed by atoms with Crippen molar-refractivity contribution < 1.29 is 14.9 Å². The van der Waals surface area contributed by atoms with E-state index in [-0.39, 0.29) is 0 Å². The number of benzene rings is 1. The van der Waals surface area contributed by atoms with Gasteiger partial charge in [0.1, 0.15) is 23.7 Å². The highest BCUT2D eigenvalue weighted by Gasteiger charge is 2.24. The number of hydrogen-bond donors (Lipinski definition) is 2. The van der Waals surface area contributed by atoms with Gasteiger partial charge in [0, 0.05) is 4.48 Å². The maximum atomic E-state index is 9.71. The van der Waals surface area contributed by atoms with Crippen molar-refractivity contribution in [2.45, 2.75) is 12.2 Å². The Labute approximate surface area is 102 Å². The first kappa shape index (κ1) is 11.4. The number of hydrogen-bond acceptors (Lipinski definition) is 3. The maximum Gasteiger partial charge on any atom is 0.141 e. The first-order valence-electron chi connectivity index (χ1n) is 4.85. The highest BCUT2D eigenvalue weighted by molar-refractivity contribution is 9.11. The zero-order valence-electron chi connectivity index (χ0n) is 8.38. The molecular formula is C12H11BrO3. The van der Waals surface area contributed by atoms with Crippen LogP contribution in [0.2, 0.25) is 0 Å². The second-order valence-corrected chi connectivity index (χ2v) is 4.36. The summed E-state index contributed by atoms with van der Waals surface area (Å²) in [5, 5.41) is 19.2. The SMILES string of the molecule is O[C@@H]1C(Oc2ccccc2)=CC(Br)=C[C@@H]1O. The van der Waals surface area contributed by atoms with E-state index in [9.17, 15) is 10.2 Å². The van der Waals surface area contributed by atoms with Gasteiger partial charge in [0.05, 0.1) is 0 Å². The molecule has 0 aromatic heterocycles. The van der Waals surface area contributed by atoms with Gasteiger partial charge in [-0.15, -0.1) is 0 Å². The summed E-state index contributed by atoms with van der Waals surface area (Å²) < 4.78 is 6.18. The minimum absolute atomic E-state index is 0.327. The summed E-state index contributed by atoms with van der Waals surface area (Å²) in [5.41, 5.74) is 0. The van der Waals surface area contributed by atoms with E-state index < -0.39 is 12.2 Å². The first-order valence-corrected chi connectivity index (χ1v) is 5.64. The Balaban J connectivity index is 2.19. The van der Waals surface area contributed by atoms with Crippen molar-refractivity contribution >= 4 is 15.9 Å². The molecule has 84 valence electrons. The number of para-hydroxylation sites is 1. The Morgan fingerprint density at radius 1 is 1.12 bits per heavy atom. The zero-order valence-corrected chi connectivity index (χ0v) is 9.96. The molecule has 0 aliphatic heterocycles. The molecule has 0 radical (unpaired) electrons. The predicted octanol–water partition coefficient (Wildman–Crippen LogP) is 1.96. The van der Waals surface area contributed by atoms with Crippen molar-refractivity contribution in [3.63, 3.8) is 0 Å². The van der Waals surface area contributed by atoms with Crippen LogP contribution in [-0.2, 0) is 0 Å². The molecule has 0 amide bonds. The molecule has 1 aromatic rings. The summed E-state index contributed by atoms with van der Waals surface area (Å²) >= 11 is 3.24. The van der Waals surface area contributed by atoms with E-state index in [4.69, 9.17) is 4.74 Å². The maximum absolute atomic E-state index is 9.71. The van der Waals surface area contributed by atoms with Gasteiger partial charge in [-0.2, -0.15) is 0 Å². The average molecular weight is 283 g/mol. The van der Waals surface area contributed by atoms with Gasteiger partial charge in [-0.3, -0.25) is 0 Å². The lowest BCUT2D eigenvalue weighted by molar-refractivity contribution is 0.0471. The summed E-state index contributed by atoms with van der Waals surface area (Å²) in [6, 6.07) is 9.13. The van der Waals surface area contributed by atoms with Gasteiger partial charge in [-0.05, 0) is 24.3 Å². The van der Waals surface area contributed by atoms with Gasteiger partial charge in [-0.1, -0.05) is 34.1 Å². The number of halogens is 1. The summed E-state index contributed by atoms with van der Waals surface area (Å²) in [5.74, 6) is 0.954. The molecule has 0 saturated carbocycles. The summed E-state index contributed by atoms with van der Waals surface area (Å²) in [6.07, 6.45) is 1.19. The minimum atomic E-state index is -1.03. The third-order valence-electron chi connectivity index (χ3n) is 2.20. The van der Waals surface area contributed by atoms with E-state index in [0.717, 1.165) is 0 Å². The molecule has 0 unspecified atom stereocenters. The largest absolute Gasteiger partial charge is 0.459 e. The minimum Gasteiger partial charge on any atom is -0.459 e. The molecule has 0 bridgehead atoms. The highest BCUT2D eigenvalue weighted by Crippen LogP contribution is 2.25. The van der Waals surface area contributed by atoms with Crippen molar-refractivity contribution in [1.82, 2.24) is 0 Å². The number of ether oxygens (including phenoxy) is 1. The Kier molecular flexibility index (Phi) is 3.43. The lowest BCUT2D eigenvalue weighted by Gasteiger charge is -2.22. The zero-order chi connectivity index (χ0) is 11.5. The Bertz CT molecular complexity index is 425. The van der Waals surface area contributed by atoms with Gasteiger partial charge < -0.3 is 14.9 Å². The van der Waals surface area contributed by atoms with Gasteiger partial charge in [0.25, 0.3) is 0 Å². The average Bonchev–Trinajstić information content (AvgIpc) is 2.27. The molecule has 1 aliphatic rings. The molecule has 0 spiro atoms. The van der Waals surface area contributed by atoms with Crippen LogP contribution in [0, 0.1) is 0 Å². The molecule has 2 rings (SSSR count). The second-order valence-electron chi connectivity index (χ2n) is 3.45. The molecule has 2 atom stereocenters. The fraction of sp³-hybridized carbons (Fsp3) is 0.167. The van der Waals surface area contributed by atoms with Gasteiger partial charge in [-0.25, -0.2) is 0 Å². The Hall–Kier alpha value is -1.10. The fourth-order valence-corrected chi connectivity index (χ4v) is 1.90. The topological polar surface area (TPSA) is 49.7 Å². The van der Waals surface area contributed by atoms with Gasteiger partial charge in [0.15, 0.2) is 0 Å². The molecule has 3 nitrogen and oxygen atoms in total. The van der Waals surface area contributed by atoms with E-state index in [1.807, 2.05) is 18.2 Å². The Morgan fingerprint density at radius 3 is 2.50 bits per heavy atom. The monoisotopic (exact) mass is 282 g/mol. The summed E-state index contributed by atoms with van der Waals surface area (Å²) in [6.45, 7) is 0. The number of aliphatic hydroxyl groups is 2. The van der Waals surface area contributed by atoms with E-state index in [1.54, 1.807) is 18.2 Å². The van der Waals surface area contributed by atoms with Crippen LogP contribution in [-0.4, -0.2) is 22.4 Å². The quantitative estimate of drug-likeness (QED) is 0.872. The van der Waals surface area contributed by atoms with Crippen molar-refractivity contribution in [2.75, 3.05) is 0 Å². The Morgan fingerprint density at radius 2 is 1.81 bits per heavy atom. The van der Waals surface area contributed by atoms with Crippen molar-refractivity contribution in [3.05, 3.63) is 52.7 Å². The molecule has 2 N–H and O–H groups in total. The van der Waals surface area contributed by atoms with Crippen molar-refractivity contribution in [2.24, 2.45) is 0 Å². The smallest absolute Gasteiger partial charge is 0.141 e. The number of aliphatic hydroxyl groups excluding tert-OH is 2. The standard InChI is InChI=1S/C12H11BrO3/c13-8-6-10(14)12(15)11(7-8)16-9-4-2-1-3-5-9/h1-7,10,12,14-15H/t10-,12-/m0/s1. The summed E-state index contributed by atoms with van der Waals surface area (Å²) in [7, 11) is 0.